The molecule has 0 aliphatic rings. The van der Waals surface area contributed by atoms with Crippen molar-refractivity contribution >= 4 is 33.2 Å². The first-order valence-corrected chi connectivity index (χ1v) is 7.65. The second-order valence-electron chi connectivity index (χ2n) is 4.70. The van der Waals surface area contributed by atoms with Gasteiger partial charge in [-0.2, -0.15) is 5.10 Å². The maximum Gasteiger partial charge on any atom is 0.153 e. The minimum absolute atomic E-state index is 0.640. The second kappa shape index (κ2) is 5.53. The molecule has 0 fully saturated rings. The number of thiophene rings is 1. The van der Waals surface area contributed by atoms with Gasteiger partial charge in [-0.25, -0.2) is 9.97 Å². The highest BCUT2D eigenvalue weighted by atomic mass is 32.1. The standard InChI is InChI=1S/C15H12N6S/c1-2-6-16-11(3-1)9-21-7-4-13(20-21)19-15-14-12(5-8-22-14)17-10-18-15/h1-8,10H,9H2,(H,17,18,19,20). The Labute approximate surface area is 130 Å². The van der Waals surface area contributed by atoms with Crippen molar-refractivity contribution in [1.29, 1.82) is 0 Å². The van der Waals surface area contributed by atoms with E-state index in [4.69, 9.17) is 0 Å². The molecule has 4 rings (SSSR count). The molecule has 108 valence electrons. The molecule has 0 saturated heterocycles. The quantitative estimate of drug-likeness (QED) is 0.627. The summed E-state index contributed by atoms with van der Waals surface area (Å²) in [6.45, 7) is 0.640. The molecule has 0 unspecified atom stereocenters. The van der Waals surface area contributed by atoms with Crippen molar-refractivity contribution in [1.82, 2.24) is 24.7 Å². The molecular weight excluding hydrogens is 296 g/mol. The first kappa shape index (κ1) is 12.9. The van der Waals surface area contributed by atoms with Gasteiger partial charge in [0.05, 0.1) is 22.5 Å². The minimum Gasteiger partial charge on any atom is -0.322 e. The molecule has 0 aliphatic carbocycles. The van der Waals surface area contributed by atoms with Gasteiger partial charge in [0.15, 0.2) is 11.6 Å². The molecule has 0 saturated carbocycles. The van der Waals surface area contributed by atoms with Crippen LogP contribution in [0.15, 0.2) is 54.4 Å². The van der Waals surface area contributed by atoms with Gasteiger partial charge >= 0.3 is 0 Å². The summed E-state index contributed by atoms with van der Waals surface area (Å²) in [4.78, 5) is 12.8. The zero-order valence-electron chi connectivity index (χ0n) is 11.5. The van der Waals surface area contributed by atoms with E-state index in [-0.39, 0.29) is 0 Å². The van der Waals surface area contributed by atoms with Gasteiger partial charge in [0.1, 0.15) is 6.33 Å². The van der Waals surface area contributed by atoms with Crippen LogP contribution in [0.25, 0.3) is 10.2 Å². The Morgan fingerprint density at radius 3 is 3.00 bits per heavy atom. The molecular formula is C15H12N6S. The van der Waals surface area contributed by atoms with E-state index >= 15 is 0 Å². The van der Waals surface area contributed by atoms with Gasteiger partial charge in [-0.15, -0.1) is 11.3 Å². The predicted octanol–water partition coefficient (Wildman–Crippen LogP) is 3.07. The highest BCUT2D eigenvalue weighted by Crippen LogP contribution is 2.26. The van der Waals surface area contributed by atoms with E-state index in [1.165, 1.54) is 0 Å². The van der Waals surface area contributed by atoms with Gasteiger partial charge in [0.25, 0.3) is 0 Å². The highest BCUT2D eigenvalue weighted by molar-refractivity contribution is 7.17. The number of pyridine rings is 1. The van der Waals surface area contributed by atoms with Crippen LogP contribution in [0.1, 0.15) is 5.69 Å². The molecule has 0 bridgehead atoms. The molecule has 0 radical (unpaired) electrons. The number of anilines is 2. The van der Waals surface area contributed by atoms with Crippen molar-refractivity contribution in [3.63, 3.8) is 0 Å². The number of nitrogens with zero attached hydrogens (tertiary/aromatic N) is 5. The lowest BCUT2D eigenvalue weighted by Gasteiger charge is -2.03. The van der Waals surface area contributed by atoms with Crippen molar-refractivity contribution in [3.05, 3.63) is 60.1 Å². The van der Waals surface area contributed by atoms with E-state index in [0.717, 1.165) is 27.5 Å². The van der Waals surface area contributed by atoms with Crippen molar-refractivity contribution < 1.29 is 0 Å². The number of fused-ring (bicyclic) bond motifs is 1. The van der Waals surface area contributed by atoms with Gasteiger partial charge in [0, 0.05) is 18.5 Å². The Kier molecular flexibility index (Phi) is 3.24. The summed E-state index contributed by atoms with van der Waals surface area (Å²) < 4.78 is 2.87. The number of rotatable bonds is 4. The Hall–Kier alpha value is -2.80. The fraction of sp³-hybridized carbons (Fsp3) is 0.0667. The van der Waals surface area contributed by atoms with Crippen LogP contribution in [0.5, 0.6) is 0 Å². The average Bonchev–Trinajstić information content (AvgIpc) is 3.18. The number of nitrogens with one attached hydrogen (secondary N) is 1. The third-order valence-electron chi connectivity index (χ3n) is 3.18. The Bertz CT molecular complexity index is 898. The lowest BCUT2D eigenvalue weighted by Crippen LogP contribution is -2.03. The molecule has 6 nitrogen and oxygen atoms in total. The minimum atomic E-state index is 0.640. The van der Waals surface area contributed by atoms with E-state index in [9.17, 15) is 0 Å². The monoisotopic (exact) mass is 308 g/mol. The Balaban J connectivity index is 1.56. The number of hydrogen-bond acceptors (Lipinski definition) is 6. The molecule has 0 aliphatic heterocycles. The molecule has 4 aromatic heterocycles. The summed E-state index contributed by atoms with van der Waals surface area (Å²) in [6, 6.07) is 9.76. The topological polar surface area (TPSA) is 68.5 Å². The smallest absolute Gasteiger partial charge is 0.153 e. The van der Waals surface area contributed by atoms with Gasteiger partial charge in [-0.05, 0) is 23.6 Å². The number of hydrogen-bond donors (Lipinski definition) is 1. The van der Waals surface area contributed by atoms with Crippen molar-refractivity contribution in [2.45, 2.75) is 6.54 Å². The molecule has 4 aromatic rings. The SMILES string of the molecule is c1ccc(Cn2ccc(Nc3ncnc4ccsc34)n2)nc1. The zero-order valence-corrected chi connectivity index (χ0v) is 12.4. The van der Waals surface area contributed by atoms with Gasteiger partial charge in [-0.1, -0.05) is 6.07 Å². The van der Waals surface area contributed by atoms with Gasteiger partial charge in [0.2, 0.25) is 0 Å². The van der Waals surface area contributed by atoms with Crippen molar-refractivity contribution in [2.75, 3.05) is 5.32 Å². The second-order valence-corrected chi connectivity index (χ2v) is 5.62. The van der Waals surface area contributed by atoms with Crippen LogP contribution in [0, 0.1) is 0 Å². The van der Waals surface area contributed by atoms with E-state index in [1.807, 2.05) is 46.6 Å². The van der Waals surface area contributed by atoms with E-state index in [1.54, 1.807) is 23.9 Å². The normalized spacial score (nSPS) is 10.9. The predicted molar refractivity (Wildman–Crippen MR) is 86.3 cm³/mol. The van der Waals surface area contributed by atoms with E-state index < -0.39 is 0 Å². The fourth-order valence-electron chi connectivity index (χ4n) is 2.17. The Morgan fingerprint density at radius 1 is 1.09 bits per heavy atom. The fourth-order valence-corrected chi connectivity index (χ4v) is 2.96. The molecule has 7 heteroatoms. The molecule has 4 heterocycles. The average molecular weight is 308 g/mol. The van der Waals surface area contributed by atoms with Crippen LogP contribution in [-0.4, -0.2) is 24.7 Å². The summed E-state index contributed by atoms with van der Waals surface area (Å²) in [5, 5.41) is 9.75. The molecule has 22 heavy (non-hydrogen) atoms. The summed E-state index contributed by atoms with van der Waals surface area (Å²) in [5.74, 6) is 1.53. The lowest BCUT2D eigenvalue weighted by atomic mass is 10.3. The molecule has 0 spiro atoms. The highest BCUT2D eigenvalue weighted by Gasteiger charge is 2.07. The molecule has 1 N–H and O–H groups in total. The van der Waals surface area contributed by atoms with Crippen LogP contribution < -0.4 is 5.32 Å². The first-order valence-electron chi connectivity index (χ1n) is 6.77. The van der Waals surface area contributed by atoms with Crippen LogP contribution in [0.4, 0.5) is 11.6 Å². The third-order valence-corrected chi connectivity index (χ3v) is 4.09. The maximum atomic E-state index is 4.50. The summed E-state index contributed by atoms with van der Waals surface area (Å²) >= 11 is 1.61. The van der Waals surface area contributed by atoms with E-state index in [0.29, 0.717) is 6.54 Å². The lowest BCUT2D eigenvalue weighted by molar-refractivity contribution is 0.675. The van der Waals surface area contributed by atoms with Crippen LogP contribution in [0.3, 0.4) is 0 Å². The van der Waals surface area contributed by atoms with Crippen LogP contribution in [-0.2, 0) is 6.54 Å². The third kappa shape index (κ3) is 2.53. The summed E-state index contributed by atoms with van der Waals surface area (Å²) in [7, 11) is 0. The molecule has 0 atom stereocenters. The maximum absolute atomic E-state index is 4.50. The zero-order chi connectivity index (χ0) is 14.8. The largest absolute Gasteiger partial charge is 0.322 e. The van der Waals surface area contributed by atoms with Crippen LogP contribution >= 0.6 is 11.3 Å². The number of aromatic nitrogens is 5. The van der Waals surface area contributed by atoms with Crippen molar-refractivity contribution in [2.24, 2.45) is 0 Å². The summed E-state index contributed by atoms with van der Waals surface area (Å²) in [5.41, 5.74) is 1.91. The summed E-state index contributed by atoms with van der Waals surface area (Å²) in [6.07, 6.45) is 5.26. The van der Waals surface area contributed by atoms with Gasteiger partial charge < -0.3 is 5.32 Å². The van der Waals surface area contributed by atoms with Crippen molar-refractivity contribution in [3.8, 4) is 0 Å². The van der Waals surface area contributed by atoms with E-state index in [2.05, 4.69) is 25.4 Å². The van der Waals surface area contributed by atoms with Gasteiger partial charge in [-0.3, -0.25) is 9.67 Å². The molecule has 0 amide bonds. The van der Waals surface area contributed by atoms with Crippen LogP contribution in [0.2, 0.25) is 0 Å². The first-order chi connectivity index (χ1) is 10.9. The Morgan fingerprint density at radius 2 is 2.09 bits per heavy atom. The molecule has 0 aromatic carbocycles.